The fraction of sp³-hybridized carbons (Fsp3) is 0.433. The maximum absolute atomic E-state index is 14.6. The lowest BCUT2D eigenvalue weighted by Crippen LogP contribution is -2.19. The van der Waals surface area contributed by atoms with Crippen LogP contribution in [0.25, 0.3) is 11.1 Å². The Morgan fingerprint density at radius 2 is 2.00 bits per heavy atom. The van der Waals surface area contributed by atoms with E-state index in [1.807, 2.05) is 13.0 Å². The molecule has 0 bridgehead atoms. The summed E-state index contributed by atoms with van der Waals surface area (Å²) in [6, 6.07) is 4.60. The van der Waals surface area contributed by atoms with Crippen LogP contribution in [0.2, 0.25) is 0 Å². The van der Waals surface area contributed by atoms with E-state index in [2.05, 4.69) is 17.6 Å². The van der Waals surface area contributed by atoms with Gasteiger partial charge < -0.3 is 14.6 Å². The molecule has 2 saturated carbocycles. The molecule has 2 fully saturated rings. The second-order valence-electron chi connectivity index (χ2n) is 10.6. The fourth-order valence-corrected chi connectivity index (χ4v) is 4.95. The number of aromatic nitrogens is 1. The van der Waals surface area contributed by atoms with E-state index in [9.17, 15) is 22.7 Å². The number of nitrogens with zero attached hydrogens (tertiary/aromatic N) is 1. The van der Waals surface area contributed by atoms with Crippen LogP contribution >= 0.6 is 0 Å². The number of benzene rings is 1. The van der Waals surface area contributed by atoms with Gasteiger partial charge in [0, 0.05) is 23.4 Å². The van der Waals surface area contributed by atoms with Gasteiger partial charge in [-0.2, -0.15) is 13.2 Å². The van der Waals surface area contributed by atoms with Gasteiger partial charge in [-0.15, -0.1) is 0 Å². The van der Waals surface area contributed by atoms with Crippen LogP contribution in [-0.4, -0.2) is 22.3 Å². The molecule has 4 nitrogen and oxygen atoms in total. The maximum atomic E-state index is 14.6. The first kappa shape index (κ1) is 27.9. The Labute approximate surface area is 220 Å². The van der Waals surface area contributed by atoms with Crippen molar-refractivity contribution in [2.45, 2.75) is 64.8 Å². The van der Waals surface area contributed by atoms with Crippen molar-refractivity contribution >= 4 is 0 Å². The Morgan fingerprint density at radius 3 is 2.68 bits per heavy atom. The zero-order chi connectivity index (χ0) is 27.7. The van der Waals surface area contributed by atoms with Crippen LogP contribution in [0.5, 0.6) is 5.88 Å². The zero-order valence-electron chi connectivity index (χ0n) is 21.9. The third kappa shape index (κ3) is 6.84. The highest BCUT2D eigenvalue weighted by atomic mass is 19.4. The largest absolute Gasteiger partial charge is 0.489 e. The number of allylic oxidation sites excluding steroid dienone is 4. The number of rotatable bonds is 10. The van der Waals surface area contributed by atoms with Gasteiger partial charge in [0.1, 0.15) is 18.2 Å². The van der Waals surface area contributed by atoms with Crippen molar-refractivity contribution in [1.82, 2.24) is 4.98 Å². The van der Waals surface area contributed by atoms with Crippen LogP contribution in [-0.2, 0) is 17.5 Å². The summed E-state index contributed by atoms with van der Waals surface area (Å²) in [4.78, 5) is 4.03. The molecule has 2 unspecified atom stereocenters. The first-order valence-electron chi connectivity index (χ1n) is 12.8. The molecule has 204 valence electrons. The van der Waals surface area contributed by atoms with Gasteiger partial charge in [-0.25, -0.2) is 9.37 Å². The molecular weight excluding hydrogens is 498 g/mol. The van der Waals surface area contributed by atoms with Crippen molar-refractivity contribution in [1.29, 1.82) is 0 Å². The van der Waals surface area contributed by atoms with Gasteiger partial charge in [0.05, 0.1) is 17.8 Å². The molecule has 2 aliphatic carbocycles. The van der Waals surface area contributed by atoms with E-state index in [0.29, 0.717) is 30.4 Å². The molecule has 4 rings (SSSR count). The summed E-state index contributed by atoms with van der Waals surface area (Å²) >= 11 is 0. The molecule has 0 amide bonds. The summed E-state index contributed by atoms with van der Waals surface area (Å²) in [7, 11) is 0. The van der Waals surface area contributed by atoms with Crippen LogP contribution < -0.4 is 4.74 Å². The summed E-state index contributed by atoms with van der Waals surface area (Å²) in [6.45, 7) is 9.16. The second-order valence-corrected chi connectivity index (χ2v) is 10.6. The molecule has 0 saturated heterocycles. The van der Waals surface area contributed by atoms with Crippen LogP contribution in [0.1, 0.15) is 57.6 Å². The monoisotopic (exact) mass is 531 g/mol. The summed E-state index contributed by atoms with van der Waals surface area (Å²) in [6.07, 6.45) is 3.46. The van der Waals surface area contributed by atoms with Gasteiger partial charge in [-0.05, 0) is 93.2 Å². The number of hydrogen-bond donors (Lipinski definition) is 1. The summed E-state index contributed by atoms with van der Waals surface area (Å²) in [5.41, 5.74) is 0.748. The molecule has 2 atom stereocenters. The lowest BCUT2D eigenvalue weighted by atomic mass is 9.99. The molecule has 1 aromatic heterocycles. The standard InChI is InChI=1S/C30H33F4NO3/c1-5-23-20(13-21-14-24(21)23)11-18(2)38-17-22-12-19(7-8-27(22)31)25-16-35-28(15-26(25)30(32,33)34)37-10-6-9-29(3,4)36/h5,7-8,11-12,15-16,21,24,36H,2,6,9-10,13-14,17H2,1,3-4H3/b20-11-,23-5+. The molecule has 2 aliphatic rings. The molecule has 0 aliphatic heterocycles. The van der Waals surface area contributed by atoms with Gasteiger partial charge in [0.25, 0.3) is 0 Å². The molecule has 1 aromatic carbocycles. The zero-order valence-corrected chi connectivity index (χ0v) is 21.9. The van der Waals surface area contributed by atoms with Gasteiger partial charge >= 0.3 is 6.18 Å². The fourth-order valence-electron chi connectivity index (χ4n) is 4.95. The summed E-state index contributed by atoms with van der Waals surface area (Å²) in [5.74, 6) is 0.939. The minimum absolute atomic E-state index is 0.114. The van der Waals surface area contributed by atoms with Crippen molar-refractivity contribution in [2.75, 3.05) is 6.61 Å². The number of hydrogen-bond acceptors (Lipinski definition) is 4. The molecular formula is C30H33F4NO3. The van der Waals surface area contributed by atoms with Crippen molar-refractivity contribution in [2.24, 2.45) is 11.8 Å². The Kier molecular flexibility index (Phi) is 8.02. The highest BCUT2D eigenvalue weighted by molar-refractivity contribution is 5.68. The molecule has 1 N–H and O–H groups in total. The normalized spacial score (nSPS) is 21.1. The number of alkyl halides is 3. The molecule has 2 aromatic rings. The minimum atomic E-state index is -4.68. The van der Waals surface area contributed by atoms with Crippen molar-refractivity contribution in [3.8, 4) is 17.0 Å². The molecule has 8 heteroatoms. The Morgan fingerprint density at radius 1 is 1.24 bits per heavy atom. The predicted molar refractivity (Wildman–Crippen MR) is 138 cm³/mol. The third-order valence-corrected chi connectivity index (χ3v) is 6.96. The number of aliphatic hydroxyl groups is 1. The predicted octanol–water partition coefficient (Wildman–Crippen LogP) is 7.78. The van der Waals surface area contributed by atoms with Crippen LogP contribution in [0.4, 0.5) is 17.6 Å². The highest BCUT2D eigenvalue weighted by Gasteiger charge is 2.46. The average molecular weight is 532 g/mol. The first-order chi connectivity index (χ1) is 17.9. The smallest absolute Gasteiger partial charge is 0.417 e. The van der Waals surface area contributed by atoms with Gasteiger partial charge in [-0.1, -0.05) is 18.7 Å². The van der Waals surface area contributed by atoms with Crippen LogP contribution in [0.15, 0.2) is 66.1 Å². The summed E-state index contributed by atoms with van der Waals surface area (Å²) in [5, 5.41) is 9.77. The number of pyridine rings is 1. The van der Waals surface area contributed by atoms with Crippen LogP contribution in [0, 0.1) is 17.7 Å². The summed E-state index contributed by atoms with van der Waals surface area (Å²) < 4.78 is 67.5. The number of halogens is 4. The molecule has 0 spiro atoms. The van der Waals surface area contributed by atoms with Gasteiger partial charge in [0.2, 0.25) is 5.88 Å². The van der Waals surface area contributed by atoms with E-state index in [4.69, 9.17) is 9.47 Å². The molecule has 1 heterocycles. The van der Waals surface area contributed by atoms with Crippen molar-refractivity contribution < 1.29 is 32.1 Å². The van der Waals surface area contributed by atoms with Crippen molar-refractivity contribution in [3.63, 3.8) is 0 Å². The minimum Gasteiger partial charge on any atom is -0.489 e. The van der Waals surface area contributed by atoms with E-state index in [1.165, 1.54) is 29.7 Å². The van der Waals surface area contributed by atoms with E-state index in [1.54, 1.807) is 13.8 Å². The Balaban J connectivity index is 1.48. The van der Waals surface area contributed by atoms with E-state index < -0.39 is 23.2 Å². The number of ether oxygens (including phenoxy) is 2. The van der Waals surface area contributed by atoms with Crippen molar-refractivity contribution in [3.05, 3.63) is 83.0 Å². The van der Waals surface area contributed by atoms with E-state index in [0.717, 1.165) is 24.8 Å². The molecule has 38 heavy (non-hydrogen) atoms. The average Bonchev–Trinajstić information content (AvgIpc) is 3.51. The van der Waals surface area contributed by atoms with E-state index >= 15 is 0 Å². The Bertz CT molecular complexity index is 1260. The SMILES string of the molecule is C=C(/C=C1/CC2CC2/C1=C/C)OCc1cc(-c2cnc(OCCCC(C)(C)O)cc2C(F)(F)F)ccc1F. The number of fused-ring (bicyclic) bond motifs is 1. The molecule has 0 radical (unpaired) electrons. The van der Waals surface area contributed by atoms with Gasteiger partial charge in [-0.3, -0.25) is 0 Å². The maximum Gasteiger partial charge on any atom is 0.417 e. The quantitative estimate of drug-likeness (QED) is 0.193. The topological polar surface area (TPSA) is 51.6 Å². The highest BCUT2D eigenvalue weighted by Crippen LogP contribution is 2.57. The lowest BCUT2D eigenvalue weighted by molar-refractivity contribution is -0.137. The Hall–Kier alpha value is -3.13. The van der Waals surface area contributed by atoms with E-state index in [-0.39, 0.29) is 35.8 Å². The first-order valence-corrected chi connectivity index (χ1v) is 12.8. The van der Waals surface area contributed by atoms with Crippen LogP contribution in [0.3, 0.4) is 0 Å². The lowest BCUT2D eigenvalue weighted by Gasteiger charge is -2.17. The second kappa shape index (κ2) is 10.9. The third-order valence-electron chi connectivity index (χ3n) is 6.96. The van der Waals surface area contributed by atoms with Gasteiger partial charge in [0.15, 0.2) is 0 Å².